The van der Waals surface area contributed by atoms with Crippen LogP contribution in [0.15, 0.2) is 18.3 Å². The molecule has 0 saturated heterocycles. The number of nitrogens with one attached hydrogen (secondary N) is 1. The monoisotopic (exact) mass is 269 g/mol. The van der Waals surface area contributed by atoms with Gasteiger partial charge in [0.15, 0.2) is 0 Å². The van der Waals surface area contributed by atoms with Crippen molar-refractivity contribution in [2.45, 2.75) is 6.30 Å². The summed E-state index contributed by atoms with van der Waals surface area (Å²) in [7, 11) is 0. The van der Waals surface area contributed by atoms with Gasteiger partial charge >= 0.3 is 6.30 Å². The number of aromatic amines is 1. The molecule has 19 heavy (non-hydrogen) atoms. The Balaban J connectivity index is 2.54. The van der Waals surface area contributed by atoms with Crippen molar-refractivity contribution >= 4 is 27.7 Å². The number of H-pyrrole nitrogens is 1. The predicted octanol–water partition coefficient (Wildman–Crippen LogP) is 1.49. The summed E-state index contributed by atoms with van der Waals surface area (Å²) in [5.74, 6) is -0.972. The second kappa shape index (κ2) is 3.46. The van der Waals surface area contributed by atoms with E-state index in [4.69, 9.17) is 5.73 Å². The van der Waals surface area contributed by atoms with E-state index in [1.165, 1.54) is 18.3 Å². The average molecular weight is 269 g/mol. The third kappa shape index (κ3) is 1.54. The maximum atomic E-state index is 13.0. The lowest BCUT2D eigenvalue weighted by Gasteiger charge is -2.08. The molecule has 0 aliphatic carbocycles. The molecule has 1 aromatic carbocycles. The van der Waals surface area contributed by atoms with Crippen molar-refractivity contribution in [2.24, 2.45) is 5.73 Å². The van der Waals surface area contributed by atoms with E-state index < -0.39 is 12.2 Å². The predicted molar refractivity (Wildman–Crippen MR) is 59.2 cm³/mol. The van der Waals surface area contributed by atoms with E-state index in [2.05, 4.69) is 10.2 Å². The van der Waals surface area contributed by atoms with Gasteiger partial charge in [0.2, 0.25) is 0 Å². The Hall–Kier alpha value is -2.58. The molecule has 0 atom stereocenters. The number of nitrogens with zero attached hydrogens (tertiary/aromatic N) is 3. The molecule has 0 unspecified atom stereocenters. The number of nitrogens with two attached hydrogens (primary N) is 1. The minimum Gasteiger partial charge on any atom is -0.364 e. The van der Waals surface area contributed by atoms with Gasteiger partial charge < -0.3 is 5.73 Å². The number of carbonyl (C=O) groups is 1. The molecule has 0 aliphatic rings. The summed E-state index contributed by atoms with van der Waals surface area (Å²) in [5, 5.41) is 9.50. The van der Waals surface area contributed by atoms with Crippen molar-refractivity contribution in [3.05, 3.63) is 24.0 Å². The van der Waals surface area contributed by atoms with Crippen LogP contribution in [0.1, 0.15) is 10.5 Å². The first-order valence-corrected chi connectivity index (χ1v) is 5.11. The second-order valence-electron chi connectivity index (χ2n) is 3.89. The molecule has 3 aromatic rings. The smallest absolute Gasteiger partial charge is 0.364 e. The lowest BCUT2D eigenvalue weighted by Crippen LogP contribution is -2.20. The molecule has 6 nitrogen and oxygen atoms in total. The van der Waals surface area contributed by atoms with E-state index in [0.717, 1.165) is 0 Å². The first-order chi connectivity index (χ1) is 8.89. The van der Waals surface area contributed by atoms with Gasteiger partial charge in [-0.1, -0.05) is 0 Å². The summed E-state index contributed by atoms with van der Waals surface area (Å²) in [4.78, 5) is 11.2. The number of carbonyl (C=O) groups excluding carboxylic acids is 1. The zero-order valence-electron chi connectivity index (χ0n) is 9.19. The topological polar surface area (TPSA) is 89.6 Å². The van der Waals surface area contributed by atoms with Crippen LogP contribution in [0, 0.1) is 0 Å². The molecule has 0 saturated carbocycles. The van der Waals surface area contributed by atoms with Crippen molar-refractivity contribution in [2.75, 3.05) is 0 Å². The minimum atomic E-state index is -4.71. The third-order valence-electron chi connectivity index (χ3n) is 2.76. The molecular formula is C10H6F3N5O. The Morgan fingerprint density at radius 1 is 1.32 bits per heavy atom. The molecule has 2 aromatic heterocycles. The Kier molecular flexibility index (Phi) is 2.10. The summed E-state index contributed by atoms with van der Waals surface area (Å²) in [6.07, 6.45) is -3.50. The van der Waals surface area contributed by atoms with E-state index in [0.29, 0.717) is 5.52 Å². The van der Waals surface area contributed by atoms with Crippen LogP contribution < -0.4 is 5.73 Å². The second-order valence-corrected chi connectivity index (χ2v) is 3.89. The standard InChI is InChI=1S/C10H6F3N5O/c11-10(12,13)18-8-4(7(17-18)9(14)19)1-2-6-5(8)3-15-16-6/h1-3,17H,(H2,14,19). The van der Waals surface area contributed by atoms with Crippen LogP contribution >= 0.6 is 0 Å². The molecule has 2 heterocycles. The Morgan fingerprint density at radius 3 is 2.68 bits per heavy atom. The summed E-state index contributed by atoms with van der Waals surface area (Å²) < 4.78 is 38.8. The van der Waals surface area contributed by atoms with Gasteiger partial charge in [-0.3, -0.25) is 9.89 Å². The number of hydrogen-bond donors (Lipinski definition) is 2. The lowest BCUT2D eigenvalue weighted by molar-refractivity contribution is -0.209. The van der Waals surface area contributed by atoms with Crippen LogP contribution in [0.3, 0.4) is 0 Å². The highest BCUT2D eigenvalue weighted by Gasteiger charge is 2.35. The Labute approximate surface area is 103 Å². The fourth-order valence-corrected chi connectivity index (χ4v) is 2.01. The minimum absolute atomic E-state index is 0.0614. The number of fused-ring (bicyclic) bond motifs is 3. The highest BCUT2D eigenvalue weighted by Crippen LogP contribution is 2.32. The average Bonchev–Trinajstić information content (AvgIpc) is 2.90. The fraction of sp³-hybridized carbons (Fsp3) is 0.100. The number of primary amides is 1. The summed E-state index contributed by atoms with van der Waals surface area (Å²) in [6, 6.07) is 2.83. The highest BCUT2D eigenvalue weighted by atomic mass is 19.4. The maximum Gasteiger partial charge on any atom is 0.503 e. The van der Waals surface area contributed by atoms with Gasteiger partial charge in [-0.2, -0.15) is 14.9 Å². The van der Waals surface area contributed by atoms with Gasteiger partial charge in [0.1, 0.15) is 5.69 Å². The molecule has 0 bridgehead atoms. The lowest BCUT2D eigenvalue weighted by atomic mass is 10.1. The molecule has 9 heteroatoms. The molecular weight excluding hydrogens is 263 g/mol. The Bertz CT molecular complexity index is 801. The van der Waals surface area contributed by atoms with E-state index in [1.807, 2.05) is 5.10 Å². The summed E-state index contributed by atoms with van der Waals surface area (Å²) in [6.45, 7) is 0. The third-order valence-corrected chi connectivity index (χ3v) is 2.76. The zero-order valence-corrected chi connectivity index (χ0v) is 9.19. The molecule has 3 N–H and O–H groups in total. The summed E-state index contributed by atoms with van der Waals surface area (Å²) >= 11 is 0. The van der Waals surface area contributed by atoms with Gasteiger partial charge in [-0.05, 0) is 12.1 Å². The fourth-order valence-electron chi connectivity index (χ4n) is 2.01. The van der Waals surface area contributed by atoms with Crippen LogP contribution in [0.5, 0.6) is 0 Å². The maximum absolute atomic E-state index is 13.0. The van der Waals surface area contributed by atoms with E-state index >= 15 is 0 Å². The molecule has 3 rings (SSSR count). The number of benzene rings is 1. The van der Waals surface area contributed by atoms with Crippen molar-refractivity contribution in [1.29, 1.82) is 0 Å². The zero-order chi connectivity index (χ0) is 13.8. The number of halogens is 3. The van der Waals surface area contributed by atoms with E-state index in [1.54, 1.807) is 0 Å². The van der Waals surface area contributed by atoms with E-state index in [-0.39, 0.29) is 26.7 Å². The molecule has 0 aliphatic heterocycles. The van der Waals surface area contributed by atoms with Crippen molar-refractivity contribution < 1.29 is 18.0 Å². The van der Waals surface area contributed by atoms with Crippen molar-refractivity contribution in [3.8, 4) is 0 Å². The largest absolute Gasteiger partial charge is 0.503 e. The first-order valence-electron chi connectivity index (χ1n) is 5.11. The van der Waals surface area contributed by atoms with Crippen molar-refractivity contribution in [1.82, 2.24) is 20.0 Å². The van der Waals surface area contributed by atoms with Crippen molar-refractivity contribution in [3.63, 3.8) is 0 Å². The van der Waals surface area contributed by atoms with Gasteiger partial charge in [-0.25, -0.2) is 0 Å². The van der Waals surface area contributed by atoms with Crippen LogP contribution in [0.25, 0.3) is 21.8 Å². The van der Waals surface area contributed by atoms with Crippen LogP contribution in [-0.4, -0.2) is 25.9 Å². The van der Waals surface area contributed by atoms with Gasteiger partial charge in [0.25, 0.3) is 5.91 Å². The first kappa shape index (κ1) is 11.5. The van der Waals surface area contributed by atoms with Gasteiger partial charge in [-0.15, -0.1) is 13.2 Å². The van der Waals surface area contributed by atoms with E-state index in [9.17, 15) is 18.0 Å². The summed E-state index contributed by atoms with van der Waals surface area (Å²) in [5.41, 5.74) is 4.85. The SMILES string of the molecule is NC(=O)c1[nH]n(C(F)(F)F)c2c1ccc1nncc12. The van der Waals surface area contributed by atoms with Crippen LogP contribution in [-0.2, 0) is 6.30 Å². The molecule has 0 fully saturated rings. The van der Waals surface area contributed by atoms with Gasteiger partial charge in [0.05, 0.1) is 17.2 Å². The number of hydrogen-bond acceptors (Lipinski definition) is 3. The number of aromatic nitrogens is 4. The highest BCUT2D eigenvalue weighted by molar-refractivity contribution is 6.12. The molecule has 0 radical (unpaired) electrons. The molecule has 98 valence electrons. The van der Waals surface area contributed by atoms with Crippen LogP contribution in [0.4, 0.5) is 13.2 Å². The molecule has 0 spiro atoms. The number of rotatable bonds is 1. The van der Waals surface area contributed by atoms with Gasteiger partial charge in [0, 0.05) is 10.8 Å². The molecule has 1 amide bonds. The van der Waals surface area contributed by atoms with Crippen LogP contribution in [0.2, 0.25) is 0 Å². The number of alkyl halides is 3. The number of amides is 1. The quantitative estimate of drug-likeness (QED) is 0.701. The normalized spacial score (nSPS) is 12.4. The Morgan fingerprint density at radius 2 is 2.05 bits per heavy atom.